The number of primary amides is 1. The summed E-state index contributed by atoms with van der Waals surface area (Å²) in [6.07, 6.45) is 0.597. The van der Waals surface area contributed by atoms with Crippen LogP contribution >= 0.6 is 0 Å². The van der Waals surface area contributed by atoms with Crippen LogP contribution in [0.2, 0.25) is 0 Å². The summed E-state index contributed by atoms with van der Waals surface area (Å²) in [5, 5.41) is 22.7. The number of rotatable bonds is 23. The molecule has 0 aliphatic rings. The third-order valence-electron chi connectivity index (χ3n) is 8.30. The Bertz CT molecular complexity index is 1320. The van der Waals surface area contributed by atoms with E-state index in [1.807, 2.05) is 0 Å². The molecule has 0 aliphatic heterocycles. The van der Waals surface area contributed by atoms with Crippen LogP contribution in [0.3, 0.4) is 0 Å². The Balaban J connectivity index is 3.30. The summed E-state index contributed by atoms with van der Waals surface area (Å²) in [5.74, 6) is -6.45. The molecule has 6 unspecified atom stereocenters. The van der Waals surface area contributed by atoms with Crippen molar-refractivity contribution in [2.75, 3.05) is 6.54 Å². The molecule has 0 saturated carbocycles. The number of unbranched alkanes of at least 4 members (excludes halogenated alkanes) is 1. The molecule has 0 heterocycles. The molecule has 0 bridgehead atoms. The van der Waals surface area contributed by atoms with Crippen LogP contribution in [0.1, 0.15) is 79.2 Å². The van der Waals surface area contributed by atoms with E-state index in [0.29, 0.717) is 19.4 Å². The van der Waals surface area contributed by atoms with Gasteiger partial charge in [-0.05, 0) is 55.5 Å². The maximum atomic E-state index is 13.9. The highest BCUT2D eigenvalue weighted by molar-refractivity contribution is 5.96. The van der Waals surface area contributed by atoms with Crippen molar-refractivity contribution in [3.8, 4) is 0 Å². The molecule has 12 N–H and O–H groups in total. The van der Waals surface area contributed by atoms with E-state index < -0.39 is 83.6 Å². The molecule has 0 aromatic heterocycles. The first-order valence-corrected chi connectivity index (χ1v) is 17.4. The Hall–Kier alpha value is -4.57. The van der Waals surface area contributed by atoms with Gasteiger partial charge in [0.05, 0.1) is 6.04 Å². The molecular formula is C35H58N8O8. The van der Waals surface area contributed by atoms with Gasteiger partial charge in [0.25, 0.3) is 0 Å². The molecule has 0 aliphatic carbocycles. The summed E-state index contributed by atoms with van der Waals surface area (Å²) in [5.41, 5.74) is 17.5. The van der Waals surface area contributed by atoms with E-state index in [9.17, 15) is 38.7 Å². The second-order valence-electron chi connectivity index (χ2n) is 13.7. The van der Waals surface area contributed by atoms with Crippen molar-refractivity contribution in [1.82, 2.24) is 26.6 Å². The molecule has 0 saturated heterocycles. The van der Waals surface area contributed by atoms with Gasteiger partial charge in [0, 0.05) is 12.8 Å². The van der Waals surface area contributed by atoms with Crippen molar-refractivity contribution in [3.05, 3.63) is 35.9 Å². The first-order valence-electron chi connectivity index (χ1n) is 17.4. The molecule has 0 fully saturated rings. The summed E-state index contributed by atoms with van der Waals surface area (Å²) in [6.45, 7) is 10.7. The molecule has 1 rings (SSSR count). The maximum Gasteiger partial charge on any atom is 0.326 e. The Morgan fingerprint density at radius 1 is 0.627 bits per heavy atom. The smallest absolute Gasteiger partial charge is 0.326 e. The van der Waals surface area contributed by atoms with Gasteiger partial charge < -0.3 is 48.9 Å². The van der Waals surface area contributed by atoms with Gasteiger partial charge >= 0.3 is 5.97 Å². The third kappa shape index (κ3) is 15.9. The summed E-state index contributed by atoms with van der Waals surface area (Å²) in [6, 6.07) is 2.09. The van der Waals surface area contributed by atoms with Crippen LogP contribution in [-0.4, -0.2) is 89.3 Å². The maximum absolute atomic E-state index is 13.9. The minimum Gasteiger partial charge on any atom is -0.480 e. The second kappa shape index (κ2) is 22.3. The number of benzene rings is 1. The Morgan fingerprint density at radius 2 is 1.12 bits per heavy atom. The standard InChI is InChI=1S/C35H58N8O8/c1-19(2)27(38)32(47)43-29(21(5)6)34(49)41-25(18-22-12-8-7-9-13-22)31(46)42-28(20(3)4)33(48)39-23(14-10-11-17-36)30(45)40-24(35(50)51)15-16-26(37)44/h7-9,12-13,19-21,23-25,27-29H,10-11,14-18,36,38H2,1-6H3,(H2,37,44)(H,39,48)(H,40,45)(H,41,49)(H,42,46)(H,43,47)(H,50,51). The SMILES string of the molecule is CC(C)C(N)C(=O)NC(C(=O)NC(Cc1ccccc1)C(=O)NC(C(=O)NC(CCCCN)C(=O)NC(CCC(N)=O)C(=O)O)C(C)C)C(C)C. The van der Waals surface area contributed by atoms with Crippen molar-refractivity contribution < 1.29 is 38.7 Å². The lowest BCUT2D eigenvalue weighted by atomic mass is 9.98. The summed E-state index contributed by atoms with van der Waals surface area (Å²) in [7, 11) is 0. The lowest BCUT2D eigenvalue weighted by molar-refractivity contribution is -0.142. The number of carbonyl (C=O) groups is 7. The van der Waals surface area contributed by atoms with Gasteiger partial charge in [-0.2, -0.15) is 0 Å². The zero-order valence-electron chi connectivity index (χ0n) is 30.6. The fourth-order valence-corrected chi connectivity index (χ4v) is 5.04. The second-order valence-corrected chi connectivity index (χ2v) is 13.7. The first kappa shape index (κ1) is 44.5. The molecule has 16 nitrogen and oxygen atoms in total. The number of nitrogens with two attached hydrogens (primary N) is 3. The predicted octanol–water partition coefficient (Wildman–Crippen LogP) is -0.572. The van der Waals surface area contributed by atoms with Gasteiger partial charge in [-0.25, -0.2) is 4.79 Å². The van der Waals surface area contributed by atoms with Crippen LogP contribution in [-0.2, 0) is 40.0 Å². The Kier molecular flexibility index (Phi) is 19.4. The lowest BCUT2D eigenvalue weighted by Gasteiger charge is -2.29. The summed E-state index contributed by atoms with van der Waals surface area (Å²) >= 11 is 0. The van der Waals surface area contributed by atoms with Gasteiger partial charge in [0.15, 0.2) is 0 Å². The molecule has 1 aromatic rings. The van der Waals surface area contributed by atoms with Crippen molar-refractivity contribution >= 4 is 41.4 Å². The number of carbonyl (C=O) groups excluding carboxylic acids is 6. The van der Waals surface area contributed by atoms with E-state index in [2.05, 4.69) is 26.6 Å². The Labute approximate surface area is 300 Å². The van der Waals surface area contributed by atoms with E-state index in [-0.39, 0.29) is 37.5 Å². The molecule has 286 valence electrons. The van der Waals surface area contributed by atoms with E-state index in [1.54, 1.807) is 71.9 Å². The minimum atomic E-state index is -1.43. The van der Waals surface area contributed by atoms with Crippen LogP contribution in [0.4, 0.5) is 0 Å². The summed E-state index contributed by atoms with van der Waals surface area (Å²) < 4.78 is 0. The van der Waals surface area contributed by atoms with Crippen LogP contribution in [0, 0.1) is 17.8 Å². The number of carboxylic acids is 1. The van der Waals surface area contributed by atoms with Crippen molar-refractivity contribution in [3.63, 3.8) is 0 Å². The highest BCUT2D eigenvalue weighted by Gasteiger charge is 2.35. The number of nitrogens with one attached hydrogen (secondary N) is 5. The van der Waals surface area contributed by atoms with Crippen LogP contribution in [0.5, 0.6) is 0 Å². The average molecular weight is 719 g/mol. The summed E-state index contributed by atoms with van der Waals surface area (Å²) in [4.78, 5) is 90.1. The van der Waals surface area contributed by atoms with Gasteiger partial charge in [-0.3, -0.25) is 28.8 Å². The number of carboxylic acid groups (broad SMARTS) is 1. The molecule has 6 atom stereocenters. The fourth-order valence-electron chi connectivity index (χ4n) is 5.04. The molecular weight excluding hydrogens is 660 g/mol. The van der Waals surface area contributed by atoms with Gasteiger partial charge in [-0.1, -0.05) is 71.9 Å². The van der Waals surface area contributed by atoms with Crippen molar-refractivity contribution in [2.24, 2.45) is 35.0 Å². The molecule has 51 heavy (non-hydrogen) atoms. The van der Waals surface area contributed by atoms with E-state index in [1.165, 1.54) is 0 Å². The predicted molar refractivity (Wildman–Crippen MR) is 191 cm³/mol. The van der Waals surface area contributed by atoms with E-state index in [4.69, 9.17) is 17.2 Å². The third-order valence-corrected chi connectivity index (χ3v) is 8.30. The Morgan fingerprint density at radius 3 is 1.59 bits per heavy atom. The molecule has 1 aromatic carbocycles. The molecule has 0 radical (unpaired) electrons. The highest BCUT2D eigenvalue weighted by Crippen LogP contribution is 2.11. The topological polar surface area (TPSA) is 278 Å². The minimum absolute atomic E-state index is 0.0567. The zero-order chi connectivity index (χ0) is 38.8. The molecule has 6 amide bonds. The largest absolute Gasteiger partial charge is 0.480 e. The van der Waals surface area contributed by atoms with Gasteiger partial charge in [-0.15, -0.1) is 0 Å². The number of amides is 6. The zero-order valence-corrected chi connectivity index (χ0v) is 30.6. The van der Waals surface area contributed by atoms with Crippen molar-refractivity contribution in [2.45, 2.75) is 116 Å². The number of aliphatic carboxylic acids is 1. The first-order chi connectivity index (χ1) is 23.9. The monoisotopic (exact) mass is 718 g/mol. The van der Waals surface area contributed by atoms with Crippen LogP contribution in [0.15, 0.2) is 30.3 Å². The fraction of sp³-hybridized carbons (Fsp3) is 0.629. The van der Waals surface area contributed by atoms with E-state index in [0.717, 1.165) is 5.56 Å². The van der Waals surface area contributed by atoms with Crippen molar-refractivity contribution in [1.29, 1.82) is 0 Å². The van der Waals surface area contributed by atoms with Gasteiger partial charge in [0.1, 0.15) is 30.2 Å². The normalized spacial score (nSPS) is 14.8. The average Bonchev–Trinajstić information content (AvgIpc) is 3.06. The van der Waals surface area contributed by atoms with E-state index >= 15 is 0 Å². The highest BCUT2D eigenvalue weighted by atomic mass is 16.4. The molecule has 0 spiro atoms. The van der Waals surface area contributed by atoms with Crippen LogP contribution < -0.4 is 43.8 Å². The molecule has 16 heteroatoms. The van der Waals surface area contributed by atoms with Crippen LogP contribution in [0.25, 0.3) is 0 Å². The number of hydrogen-bond donors (Lipinski definition) is 9. The quantitative estimate of drug-likeness (QED) is 0.0650. The lowest BCUT2D eigenvalue weighted by Crippen LogP contribution is -2.61. The number of hydrogen-bond acceptors (Lipinski definition) is 9. The van der Waals surface area contributed by atoms with Gasteiger partial charge in [0.2, 0.25) is 35.4 Å².